The molecule has 0 radical (unpaired) electrons. The fourth-order valence-corrected chi connectivity index (χ4v) is 1.82. The van der Waals surface area contributed by atoms with Crippen molar-refractivity contribution in [3.63, 3.8) is 0 Å². The van der Waals surface area contributed by atoms with Crippen molar-refractivity contribution in [3.8, 4) is 0 Å². The van der Waals surface area contributed by atoms with E-state index in [1.54, 1.807) is 18.2 Å². The minimum absolute atomic E-state index is 0.246. The molecule has 2 aromatic rings. The third-order valence-corrected chi connectivity index (χ3v) is 2.57. The molecule has 0 spiro atoms. The van der Waals surface area contributed by atoms with Crippen molar-refractivity contribution in [1.82, 2.24) is 4.98 Å². The number of carbonyl (C=O) groups is 1. The molecule has 2 rings (SSSR count). The zero-order valence-corrected chi connectivity index (χ0v) is 9.84. The molecule has 0 bridgehead atoms. The zero-order valence-electron chi connectivity index (χ0n) is 8.33. The van der Waals surface area contributed by atoms with E-state index in [2.05, 4.69) is 9.72 Å². The van der Waals surface area contributed by atoms with Gasteiger partial charge in [-0.05, 0) is 24.3 Å². The van der Waals surface area contributed by atoms with Gasteiger partial charge in [-0.1, -0.05) is 23.2 Å². The molecule has 82 valence electrons. The summed E-state index contributed by atoms with van der Waals surface area (Å²) >= 11 is 11.7. The molecule has 0 saturated heterocycles. The zero-order chi connectivity index (χ0) is 11.7. The summed E-state index contributed by atoms with van der Waals surface area (Å²) in [7, 11) is 1.31. The number of methoxy groups -OCH3 is 1. The molecule has 16 heavy (non-hydrogen) atoms. The predicted octanol–water partition coefficient (Wildman–Crippen LogP) is 3.33. The molecule has 0 aliphatic carbocycles. The Labute approximate surface area is 102 Å². The van der Waals surface area contributed by atoms with Gasteiger partial charge in [-0.15, -0.1) is 0 Å². The predicted molar refractivity (Wildman–Crippen MR) is 63.1 cm³/mol. The Morgan fingerprint density at radius 2 is 2.06 bits per heavy atom. The average molecular weight is 256 g/mol. The van der Waals surface area contributed by atoms with Gasteiger partial charge < -0.3 is 4.74 Å². The van der Waals surface area contributed by atoms with Crippen LogP contribution in [0.4, 0.5) is 0 Å². The second kappa shape index (κ2) is 4.28. The second-order valence-electron chi connectivity index (χ2n) is 3.15. The van der Waals surface area contributed by atoms with Crippen LogP contribution in [0.1, 0.15) is 10.4 Å². The van der Waals surface area contributed by atoms with Crippen LogP contribution < -0.4 is 0 Å². The van der Waals surface area contributed by atoms with Crippen LogP contribution in [0.3, 0.4) is 0 Å². The molecule has 0 N–H and O–H groups in total. The molecule has 1 heterocycles. The largest absolute Gasteiger partial charge is 0.465 e. The molecule has 1 aromatic heterocycles. The van der Waals surface area contributed by atoms with Gasteiger partial charge in [0.25, 0.3) is 0 Å². The molecule has 0 amide bonds. The Balaban J connectivity index is 2.79. The highest BCUT2D eigenvalue weighted by atomic mass is 35.5. The lowest BCUT2D eigenvalue weighted by Crippen LogP contribution is -2.03. The van der Waals surface area contributed by atoms with E-state index in [1.807, 2.05) is 0 Å². The van der Waals surface area contributed by atoms with Crippen molar-refractivity contribution in [2.75, 3.05) is 7.11 Å². The number of fused-ring (bicyclic) bond motifs is 1. The average Bonchev–Trinajstić information content (AvgIpc) is 2.27. The summed E-state index contributed by atoms with van der Waals surface area (Å²) in [5.74, 6) is -0.462. The molecule has 5 heteroatoms. The second-order valence-corrected chi connectivity index (χ2v) is 3.97. The van der Waals surface area contributed by atoms with Crippen LogP contribution in [0.15, 0.2) is 24.3 Å². The monoisotopic (exact) mass is 255 g/mol. The number of pyridine rings is 1. The van der Waals surface area contributed by atoms with E-state index in [0.29, 0.717) is 21.5 Å². The molecule has 0 aliphatic heterocycles. The Morgan fingerprint density at radius 1 is 1.31 bits per heavy atom. The lowest BCUT2D eigenvalue weighted by atomic mass is 10.1. The number of halogens is 2. The molecular weight excluding hydrogens is 249 g/mol. The van der Waals surface area contributed by atoms with Crippen LogP contribution in [-0.2, 0) is 4.74 Å². The van der Waals surface area contributed by atoms with Gasteiger partial charge in [0.15, 0.2) is 0 Å². The first-order chi connectivity index (χ1) is 7.61. The van der Waals surface area contributed by atoms with Crippen molar-refractivity contribution < 1.29 is 9.53 Å². The number of hydrogen-bond donors (Lipinski definition) is 0. The van der Waals surface area contributed by atoms with E-state index in [9.17, 15) is 4.79 Å². The van der Waals surface area contributed by atoms with Crippen LogP contribution in [0.25, 0.3) is 10.9 Å². The molecule has 0 fully saturated rings. The lowest BCUT2D eigenvalue weighted by Gasteiger charge is -2.05. The van der Waals surface area contributed by atoms with Crippen molar-refractivity contribution in [1.29, 1.82) is 0 Å². The number of ether oxygens (including phenoxy) is 1. The maximum absolute atomic E-state index is 11.5. The third kappa shape index (κ3) is 1.96. The van der Waals surface area contributed by atoms with Gasteiger partial charge in [0.05, 0.1) is 18.2 Å². The van der Waals surface area contributed by atoms with Gasteiger partial charge in [0.2, 0.25) is 0 Å². The van der Waals surface area contributed by atoms with E-state index in [4.69, 9.17) is 23.2 Å². The van der Waals surface area contributed by atoms with Crippen molar-refractivity contribution in [2.24, 2.45) is 0 Å². The number of rotatable bonds is 1. The SMILES string of the molecule is COC(=O)c1cc(Cl)nc2ccc(Cl)cc12. The fraction of sp³-hybridized carbons (Fsp3) is 0.0909. The summed E-state index contributed by atoms with van der Waals surface area (Å²) in [5.41, 5.74) is 0.970. The summed E-state index contributed by atoms with van der Waals surface area (Å²) in [5, 5.41) is 1.40. The summed E-state index contributed by atoms with van der Waals surface area (Å²) in [4.78, 5) is 15.6. The molecule has 0 atom stereocenters. The number of carbonyl (C=O) groups excluding carboxylic acids is 1. The highest BCUT2D eigenvalue weighted by Gasteiger charge is 2.12. The minimum atomic E-state index is -0.462. The van der Waals surface area contributed by atoms with Crippen LogP contribution in [0, 0.1) is 0 Å². The molecule has 0 saturated carbocycles. The summed E-state index contributed by atoms with van der Waals surface area (Å²) in [6, 6.07) is 6.52. The number of aromatic nitrogens is 1. The van der Waals surface area contributed by atoms with Crippen LogP contribution in [-0.4, -0.2) is 18.1 Å². The topological polar surface area (TPSA) is 39.2 Å². The molecule has 0 unspecified atom stereocenters. The van der Waals surface area contributed by atoms with Crippen LogP contribution >= 0.6 is 23.2 Å². The van der Waals surface area contributed by atoms with E-state index in [1.165, 1.54) is 13.2 Å². The highest BCUT2D eigenvalue weighted by molar-refractivity contribution is 6.32. The van der Waals surface area contributed by atoms with Crippen molar-refractivity contribution >= 4 is 40.1 Å². The first-order valence-electron chi connectivity index (χ1n) is 4.46. The lowest BCUT2D eigenvalue weighted by molar-refractivity contribution is 0.0603. The van der Waals surface area contributed by atoms with E-state index in [0.717, 1.165) is 0 Å². The Hall–Kier alpha value is -1.32. The Bertz CT molecular complexity index is 569. The van der Waals surface area contributed by atoms with Gasteiger partial charge in [-0.3, -0.25) is 0 Å². The molecular formula is C11H7Cl2NO2. The van der Waals surface area contributed by atoms with Crippen LogP contribution in [0.2, 0.25) is 10.2 Å². The molecule has 3 nitrogen and oxygen atoms in total. The van der Waals surface area contributed by atoms with Gasteiger partial charge in [-0.2, -0.15) is 0 Å². The number of benzene rings is 1. The van der Waals surface area contributed by atoms with E-state index >= 15 is 0 Å². The Morgan fingerprint density at radius 3 is 2.75 bits per heavy atom. The van der Waals surface area contributed by atoms with Crippen molar-refractivity contribution in [2.45, 2.75) is 0 Å². The fourth-order valence-electron chi connectivity index (χ4n) is 1.44. The van der Waals surface area contributed by atoms with Gasteiger partial charge in [-0.25, -0.2) is 9.78 Å². The van der Waals surface area contributed by atoms with Gasteiger partial charge >= 0.3 is 5.97 Å². The quantitative estimate of drug-likeness (QED) is 0.580. The highest BCUT2D eigenvalue weighted by Crippen LogP contribution is 2.24. The third-order valence-electron chi connectivity index (χ3n) is 2.14. The number of hydrogen-bond acceptors (Lipinski definition) is 3. The maximum atomic E-state index is 11.5. The van der Waals surface area contributed by atoms with E-state index in [-0.39, 0.29) is 5.15 Å². The minimum Gasteiger partial charge on any atom is -0.465 e. The van der Waals surface area contributed by atoms with Crippen LogP contribution in [0.5, 0.6) is 0 Å². The standard InChI is InChI=1S/C11H7Cl2NO2/c1-16-11(15)8-5-10(13)14-9-3-2-6(12)4-7(8)9/h2-5H,1H3. The summed E-state index contributed by atoms with van der Waals surface area (Å²) in [6.45, 7) is 0. The van der Waals surface area contributed by atoms with E-state index < -0.39 is 5.97 Å². The molecule has 0 aliphatic rings. The molecule has 1 aromatic carbocycles. The Kier molecular flexibility index (Phi) is 2.99. The van der Waals surface area contributed by atoms with Gasteiger partial charge in [0, 0.05) is 10.4 Å². The van der Waals surface area contributed by atoms with Crippen molar-refractivity contribution in [3.05, 3.63) is 40.0 Å². The first kappa shape index (κ1) is 11.2. The smallest absolute Gasteiger partial charge is 0.338 e. The maximum Gasteiger partial charge on any atom is 0.338 e. The summed E-state index contributed by atoms with van der Waals surface area (Å²) in [6.07, 6.45) is 0. The summed E-state index contributed by atoms with van der Waals surface area (Å²) < 4.78 is 4.67. The first-order valence-corrected chi connectivity index (χ1v) is 5.21. The number of esters is 1. The number of nitrogens with zero attached hydrogens (tertiary/aromatic N) is 1. The van der Waals surface area contributed by atoms with Gasteiger partial charge in [0.1, 0.15) is 5.15 Å². The normalized spacial score (nSPS) is 10.4.